The highest BCUT2D eigenvalue weighted by atomic mass is 32.1. The summed E-state index contributed by atoms with van der Waals surface area (Å²) in [6.07, 6.45) is 4.16. The van der Waals surface area contributed by atoms with Gasteiger partial charge in [0.2, 0.25) is 0 Å². The minimum absolute atomic E-state index is 0.0545. The monoisotopic (exact) mass is 616 g/mol. The van der Waals surface area contributed by atoms with Crippen LogP contribution >= 0.6 is 11.3 Å². The van der Waals surface area contributed by atoms with E-state index in [-0.39, 0.29) is 11.6 Å². The Kier molecular flexibility index (Phi) is 7.44. The molecule has 0 radical (unpaired) electrons. The number of thiazole rings is 1. The third kappa shape index (κ3) is 5.73. The van der Waals surface area contributed by atoms with Crippen molar-refractivity contribution in [3.05, 3.63) is 119 Å². The van der Waals surface area contributed by atoms with E-state index in [1.54, 1.807) is 24.1 Å². The number of aromatic carboxylic acids is 1. The van der Waals surface area contributed by atoms with E-state index in [9.17, 15) is 14.7 Å². The first-order valence-electron chi connectivity index (χ1n) is 14.4. The highest BCUT2D eigenvalue weighted by Gasteiger charge is 2.25. The summed E-state index contributed by atoms with van der Waals surface area (Å²) >= 11 is 1.43. The molecule has 6 aromatic rings. The molecular weight excluding hydrogens is 588 g/mol. The number of benzene rings is 3. The number of aromatic nitrogens is 4. The van der Waals surface area contributed by atoms with E-state index in [4.69, 9.17) is 4.74 Å². The second kappa shape index (κ2) is 11.9. The van der Waals surface area contributed by atoms with E-state index in [1.807, 2.05) is 83.9 Å². The molecule has 3 aromatic carbocycles. The van der Waals surface area contributed by atoms with Crippen LogP contribution in [0.3, 0.4) is 0 Å². The summed E-state index contributed by atoms with van der Waals surface area (Å²) in [6, 6.07) is 24.8. The summed E-state index contributed by atoms with van der Waals surface area (Å²) in [4.78, 5) is 37.0. The van der Waals surface area contributed by atoms with Crippen molar-refractivity contribution in [2.75, 3.05) is 23.9 Å². The van der Waals surface area contributed by atoms with Gasteiger partial charge in [0.15, 0.2) is 10.8 Å². The number of carbonyl (C=O) groups excluding carboxylic acids is 1. The van der Waals surface area contributed by atoms with Crippen LogP contribution in [-0.4, -0.2) is 50.4 Å². The Bertz CT molecular complexity index is 2040. The normalized spacial score (nSPS) is 12.6. The molecule has 7 rings (SSSR count). The summed E-state index contributed by atoms with van der Waals surface area (Å²) in [6.45, 7) is 1.57. The molecule has 0 unspecified atom stereocenters. The van der Waals surface area contributed by atoms with Gasteiger partial charge in [-0.1, -0.05) is 47.7 Å². The number of carbonyl (C=O) groups is 2. The number of nitrogens with zero attached hydrogens (tertiary/aromatic N) is 5. The van der Waals surface area contributed by atoms with Gasteiger partial charge in [-0.2, -0.15) is 5.10 Å². The Morgan fingerprint density at radius 2 is 1.89 bits per heavy atom. The van der Waals surface area contributed by atoms with Gasteiger partial charge in [-0.05, 0) is 65.6 Å². The fourth-order valence-electron chi connectivity index (χ4n) is 5.65. The van der Waals surface area contributed by atoms with Gasteiger partial charge in [0.25, 0.3) is 5.91 Å². The lowest BCUT2D eigenvalue weighted by Gasteiger charge is -2.31. The second-order valence-corrected chi connectivity index (χ2v) is 11.7. The highest BCUT2D eigenvalue weighted by Crippen LogP contribution is 2.31. The summed E-state index contributed by atoms with van der Waals surface area (Å²) in [5.41, 5.74) is 5.48. The summed E-state index contributed by atoms with van der Waals surface area (Å²) < 4.78 is 8.07. The third-order valence-electron chi connectivity index (χ3n) is 7.86. The molecule has 0 saturated heterocycles. The number of ether oxygens (including phenoxy) is 1. The number of rotatable bonds is 8. The standard InChI is InChI=1S/C34H28N6O4S/c1-44-24-8-4-6-21(16-24)18-40-19-23(17-35-40)25-12-13-30(37-31(25)33(42)43)39-15-14-22-7-5-9-26(27(22)20-39)32(41)38-34-36-28-10-2-3-11-29(28)45-34/h2-13,16-17,19H,14-15,18,20H2,1H3,(H,42,43)(H,36,38,41). The maximum Gasteiger partial charge on any atom is 0.355 e. The van der Waals surface area contributed by atoms with Crippen LogP contribution in [0.2, 0.25) is 0 Å². The van der Waals surface area contributed by atoms with E-state index in [0.717, 1.165) is 32.7 Å². The Morgan fingerprint density at radius 1 is 1.02 bits per heavy atom. The van der Waals surface area contributed by atoms with E-state index in [2.05, 4.69) is 20.4 Å². The summed E-state index contributed by atoms with van der Waals surface area (Å²) in [5.74, 6) is -0.0602. The van der Waals surface area contributed by atoms with Crippen LogP contribution in [0.25, 0.3) is 21.3 Å². The molecule has 0 fully saturated rings. The molecule has 1 aliphatic heterocycles. The van der Waals surface area contributed by atoms with Gasteiger partial charge in [0.1, 0.15) is 11.6 Å². The molecule has 4 heterocycles. The van der Waals surface area contributed by atoms with Crippen LogP contribution < -0.4 is 15.0 Å². The summed E-state index contributed by atoms with van der Waals surface area (Å²) in [7, 11) is 1.62. The number of nitrogens with one attached hydrogen (secondary N) is 1. The third-order valence-corrected chi connectivity index (χ3v) is 8.81. The maximum absolute atomic E-state index is 13.4. The van der Waals surface area contributed by atoms with Crippen molar-refractivity contribution in [2.45, 2.75) is 19.5 Å². The largest absolute Gasteiger partial charge is 0.497 e. The molecule has 1 aliphatic rings. The van der Waals surface area contributed by atoms with Crippen LogP contribution in [0, 0.1) is 0 Å². The molecule has 0 spiro atoms. The molecule has 0 atom stereocenters. The summed E-state index contributed by atoms with van der Waals surface area (Å²) in [5, 5.41) is 18.1. The van der Waals surface area contributed by atoms with Gasteiger partial charge < -0.3 is 14.7 Å². The first-order chi connectivity index (χ1) is 21.9. The predicted molar refractivity (Wildman–Crippen MR) is 173 cm³/mol. The minimum Gasteiger partial charge on any atom is -0.497 e. The number of fused-ring (bicyclic) bond motifs is 2. The molecule has 1 amide bonds. The van der Waals surface area contributed by atoms with Crippen LogP contribution in [0.1, 0.15) is 37.5 Å². The van der Waals surface area contributed by atoms with Crippen molar-refractivity contribution in [3.63, 3.8) is 0 Å². The molecule has 2 N–H and O–H groups in total. The van der Waals surface area contributed by atoms with Crippen LogP contribution in [0.4, 0.5) is 10.9 Å². The Labute approximate surface area is 262 Å². The molecule has 11 heteroatoms. The second-order valence-electron chi connectivity index (χ2n) is 10.7. The topological polar surface area (TPSA) is 122 Å². The molecule has 0 aliphatic carbocycles. The molecule has 224 valence electrons. The average Bonchev–Trinajstić information content (AvgIpc) is 3.70. The van der Waals surface area contributed by atoms with Crippen molar-refractivity contribution in [1.29, 1.82) is 0 Å². The number of pyridine rings is 1. The quantitative estimate of drug-likeness (QED) is 0.210. The smallest absolute Gasteiger partial charge is 0.355 e. The van der Waals surface area contributed by atoms with E-state index < -0.39 is 5.97 Å². The zero-order valence-corrected chi connectivity index (χ0v) is 25.1. The van der Waals surface area contributed by atoms with Gasteiger partial charge in [0, 0.05) is 36.0 Å². The molecule has 10 nitrogen and oxygen atoms in total. The van der Waals surface area contributed by atoms with Crippen molar-refractivity contribution >= 4 is 44.4 Å². The fourth-order valence-corrected chi connectivity index (χ4v) is 6.51. The van der Waals surface area contributed by atoms with Crippen molar-refractivity contribution in [1.82, 2.24) is 19.7 Å². The van der Waals surface area contributed by atoms with Crippen LogP contribution in [0.5, 0.6) is 5.75 Å². The molecule has 0 bridgehead atoms. The van der Waals surface area contributed by atoms with Crippen LogP contribution in [0.15, 0.2) is 91.3 Å². The zero-order chi connectivity index (χ0) is 30.9. The number of amides is 1. The number of carboxylic acid groups (broad SMARTS) is 1. The van der Waals surface area contributed by atoms with E-state index in [0.29, 0.717) is 53.7 Å². The van der Waals surface area contributed by atoms with Crippen LogP contribution in [-0.2, 0) is 19.5 Å². The lowest BCUT2D eigenvalue weighted by molar-refractivity contribution is 0.0691. The van der Waals surface area contributed by atoms with Gasteiger partial charge in [-0.15, -0.1) is 0 Å². The van der Waals surface area contributed by atoms with E-state index >= 15 is 0 Å². The first-order valence-corrected chi connectivity index (χ1v) is 15.2. The minimum atomic E-state index is -1.12. The average molecular weight is 617 g/mol. The van der Waals surface area contributed by atoms with E-state index in [1.165, 1.54) is 11.3 Å². The Balaban J connectivity index is 1.12. The first kappa shape index (κ1) is 28.2. The Hall–Kier alpha value is -5.55. The van der Waals surface area contributed by atoms with Gasteiger partial charge in [-0.25, -0.2) is 14.8 Å². The molecule has 0 saturated carbocycles. The Morgan fingerprint density at radius 3 is 2.73 bits per heavy atom. The molecule has 3 aromatic heterocycles. The highest BCUT2D eigenvalue weighted by molar-refractivity contribution is 7.22. The molecule has 45 heavy (non-hydrogen) atoms. The van der Waals surface area contributed by atoms with Crippen molar-refractivity contribution < 1.29 is 19.4 Å². The van der Waals surface area contributed by atoms with Gasteiger partial charge >= 0.3 is 5.97 Å². The van der Waals surface area contributed by atoms with Gasteiger partial charge in [-0.3, -0.25) is 14.8 Å². The van der Waals surface area contributed by atoms with Crippen molar-refractivity contribution in [3.8, 4) is 16.9 Å². The number of anilines is 2. The number of para-hydroxylation sites is 1. The zero-order valence-electron chi connectivity index (χ0n) is 24.3. The SMILES string of the molecule is COc1cccc(Cn2cc(-c3ccc(N4CCc5cccc(C(=O)Nc6nc7ccccc7s6)c5C4)nc3C(=O)O)cn2)c1. The number of hydrogen-bond donors (Lipinski definition) is 2. The molecular formula is C34H28N6O4S. The number of hydrogen-bond acceptors (Lipinski definition) is 8. The van der Waals surface area contributed by atoms with Gasteiger partial charge in [0.05, 0.1) is 30.1 Å². The lowest BCUT2D eigenvalue weighted by Crippen LogP contribution is -2.33. The van der Waals surface area contributed by atoms with Crippen molar-refractivity contribution in [2.24, 2.45) is 0 Å². The fraction of sp³-hybridized carbons (Fsp3) is 0.147. The maximum atomic E-state index is 13.4. The lowest BCUT2D eigenvalue weighted by atomic mass is 9.94. The predicted octanol–water partition coefficient (Wildman–Crippen LogP) is 6.12. The number of carboxylic acids is 1. The number of methoxy groups -OCH3 is 1.